The fraction of sp³-hybridized carbons (Fsp3) is 0. The van der Waals surface area contributed by atoms with Gasteiger partial charge in [-0.05, 0) is 12.1 Å². The number of hydrogen-bond acceptors (Lipinski definition) is 1. The van der Waals surface area contributed by atoms with Crippen LogP contribution < -0.4 is 0 Å². The van der Waals surface area contributed by atoms with Crippen LogP contribution in [0.3, 0.4) is 0 Å². The van der Waals surface area contributed by atoms with Crippen LogP contribution in [0, 0.1) is 6.31 Å². The average molecular weight is 346 g/mol. The molecule has 1 aromatic carbocycles. The van der Waals surface area contributed by atoms with Gasteiger partial charge in [-0.1, -0.05) is 12.1 Å². The highest BCUT2D eigenvalue weighted by Gasteiger charge is 1.91. The predicted molar refractivity (Wildman–Crippen MR) is 53.2 cm³/mol. The van der Waals surface area contributed by atoms with Crippen molar-refractivity contribution in [2.75, 3.05) is 0 Å². The van der Waals surface area contributed by atoms with Gasteiger partial charge in [0.15, 0.2) is 0 Å². The van der Waals surface area contributed by atoms with Gasteiger partial charge in [0.05, 0.1) is 42.3 Å². The van der Waals surface area contributed by atoms with Gasteiger partial charge in [-0.25, -0.2) is 0 Å². The van der Waals surface area contributed by atoms with Crippen molar-refractivity contribution in [2.45, 2.75) is 0 Å². The van der Waals surface area contributed by atoms with Gasteiger partial charge >= 0.3 is 0 Å². The molecule has 1 aromatic rings. The van der Waals surface area contributed by atoms with Crippen molar-refractivity contribution in [2.24, 2.45) is 0 Å². The third-order valence-electron chi connectivity index (χ3n) is 1.05. The summed E-state index contributed by atoms with van der Waals surface area (Å²) in [6.07, 6.45) is 0. The Labute approximate surface area is 73.6 Å². The van der Waals surface area contributed by atoms with E-state index in [1.807, 2.05) is 0 Å². The zero-order valence-corrected chi connectivity index (χ0v) is 8.79. The van der Waals surface area contributed by atoms with Gasteiger partial charge in [0.1, 0.15) is 0 Å². The van der Waals surface area contributed by atoms with E-state index in [-0.39, 0.29) is 42.3 Å². The molecule has 1 aliphatic rings. The molecule has 48 valence electrons. The second-order valence-electron chi connectivity index (χ2n) is 1.63. The molecule has 1 nitrogen and oxygen atoms in total. The second kappa shape index (κ2) is 2.71. The zero-order chi connectivity index (χ0) is 6.10. The maximum Gasteiger partial charge on any atom is 0.0661 e. The number of benzene rings is 1. The Morgan fingerprint density at radius 3 is 2.11 bits per heavy atom. The van der Waals surface area contributed by atoms with E-state index in [0.717, 1.165) is 0 Å². The molecule has 0 N–H and O–H groups in total. The quantitative estimate of drug-likeness (QED) is 0.657. The maximum atomic E-state index is 5.43. The van der Waals surface area contributed by atoms with Gasteiger partial charge in [0, 0.05) is 6.31 Å². The number of halogens is 2. The average Bonchev–Trinajstić information content (AvgIpc) is 2.33. The lowest BCUT2D eigenvalue weighted by atomic mass is 10.4. The Hall–Kier alpha value is 0.640. The Morgan fingerprint density at radius 1 is 1.00 bits per heavy atom. The van der Waals surface area contributed by atoms with Crippen molar-refractivity contribution in [1.82, 2.24) is 0 Å². The molecule has 0 bridgehead atoms. The molecule has 0 amide bonds. The Bertz CT molecular complexity index is 298. The topological polar surface area (TPSA) is 9.23 Å². The predicted octanol–water partition coefficient (Wildman–Crippen LogP) is 2.99. The fourth-order valence-corrected chi connectivity index (χ4v) is 6.65. The second-order valence-corrected chi connectivity index (χ2v) is 7.40. The SMILES string of the molecule is c1ccc2c(c1)=IOI=2. The van der Waals surface area contributed by atoms with Crippen LogP contribution in [-0.2, 0) is 1.40 Å². The summed E-state index contributed by atoms with van der Waals surface area (Å²) >= 11 is -0.0572. The molecule has 0 radical (unpaired) electrons. The van der Waals surface area contributed by atoms with Gasteiger partial charge in [0.25, 0.3) is 0 Å². The van der Waals surface area contributed by atoms with Crippen LogP contribution in [0.4, 0.5) is 0 Å². The minimum absolute atomic E-state index is 0.0286. The molecule has 0 spiro atoms. The summed E-state index contributed by atoms with van der Waals surface area (Å²) < 4.78 is 8.44. The lowest BCUT2D eigenvalue weighted by Gasteiger charge is -1.75. The highest BCUT2D eigenvalue weighted by atomic mass is 127. The van der Waals surface area contributed by atoms with Crippen LogP contribution in [0.1, 0.15) is 0 Å². The number of hydrogen-bond donors (Lipinski definition) is 0. The van der Waals surface area contributed by atoms with Crippen LogP contribution >= 0.6 is 42.3 Å². The molecule has 0 fully saturated rings. The number of rotatable bonds is 0. The normalized spacial score (nSPS) is 15.6. The molecule has 3 heteroatoms. The zero-order valence-electron chi connectivity index (χ0n) is 4.47. The molecule has 0 saturated carbocycles. The van der Waals surface area contributed by atoms with Crippen LogP contribution in [0.5, 0.6) is 0 Å². The molecule has 0 unspecified atom stereocenters. The van der Waals surface area contributed by atoms with Gasteiger partial charge in [-0.3, -0.25) is 1.40 Å². The van der Waals surface area contributed by atoms with Crippen molar-refractivity contribution < 1.29 is 1.40 Å². The molecule has 1 aliphatic heterocycles. The lowest BCUT2D eigenvalue weighted by Crippen LogP contribution is -1.59. The summed E-state index contributed by atoms with van der Waals surface area (Å²) in [6.45, 7) is 0. The van der Waals surface area contributed by atoms with Crippen LogP contribution in [0.15, 0.2) is 24.3 Å². The molecular formula is C6H4I2O. The Morgan fingerprint density at radius 2 is 1.56 bits per heavy atom. The molecular weight excluding hydrogens is 342 g/mol. The van der Waals surface area contributed by atoms with E-state index in [4.69, 9.17) is 1.40 Å². The third-order valence-corrected chi connectivity index (χ3v) is 7.48. The first kappa shape index (κ1) is 6.36. The van der Waals surface area contributed by atoms with Crippen molar-refractivity contribution in [1.29, 1.82) is 0 Å². The first-order valence-electron chi connectivity index (χ1n) is 2.51. The molecule has 2 rings (SSSR count). The van der Waals surface area contributed by atoms with Gasteiger partial charge in [-0.2, -0.15) is 0 Å². The summed E-state index contributed by atoms with van der Waals surface area (Å²) in [5.41, 5.74) is 0. The van der Waals surface area contributed by atoms with Crippen LogP contribution in [0.2, 0.25) is 0 Å². The summed E-state index contributed by atoms with van der Waals surface area (Å²) in [5.74, 6) is 0. The third kappa shape index (κ3) is 1.22. The highest BCUT2D eigenvalue weighted by Crippen LogP contribution is 2.27. The molecule has 0 saturated heterocycles. The lowest BCUT2D eigenvalue weighted by molar-refractivity contribution is 0.930. The van der Waals surface area contributed by atoms with Crippen molar-refractivity contribution >= 4 is 42.3 Å². The van der Waals surface area contributed by atoms with Crippen LogP contribution in [-0.4, -0.2) is 0 Å². The molecule has 0 aliphatic carbocycles. The Balaban J connectivity index is 2.97. The standard InChI is InChI=1S/C6H4I2O/c1-2-4-6-5(3-1)7-9-8-6/h1-4H. The molecule has 0 atom stereocenters. The van der Waals surface area contributed by atoms with Gasteiger partial charge in [-0.15, -0.1) is 0 Å². The summed E-state index contributed by atoms with van der Waals surface area (Å²) in [5, 5.41) is 0. The summed E-state index contributed by atoms with van der Waals surface area (Å²) in [6, 6.07) is 8.57. The van der Waals surface area contributed by atoms with E-state index in [9.17, 15) is 0 Å². The van der Waals surface area contributed by atoms with Crippen LogP contribution in [0.25, 0.3) is 0 Å². The molecule has 0 aromatic heterocycles. The van der Waals surface area contributed by atoms with Crippen molar-refractivity contribution in [3.05, 3.63) is 30.6 Å². The van der Waals surface area contributed by atoms with Gasteiger partial charge in [0.2, 0.25) is 0 Å². The first-order chi connectivity index (χ1) is 4.47. The van der Waals surface area contributed by atoms with E-state index < -0.39 is 0 Å². The monoisotopic (exact) mass is 346 g/mol. The number of fused-ring (bicyclic) bond motifs is 1. The largest absolute Gasteiger partial charge is 0.261 e. The van der Waals surface area contributed by atoms with Gasteiger partial charge < -0.3 is 0 Å². The van der Waals surface area contributed by atoms with E-state index in [0.29, 0.717) is 0 Å². The molecule has 1 heterocycles. The van der Waals surface area contributed by atoms with E-state index >= 15 is 0 Å². The Kier molecular flexibility index (Phi) is 1.91. The smallest absolute Gasteiger partial charge is 0.0661 e. The fourth-order valence-electron chi connectivity index (χ4n) is 0.642. The minimum Gasteiger partial charge on any atom is -0.261 e. The van der Waals surface area contributed by atoms with E-state index in [2.05, 4.69) is 24.3 Å². The maximum absolute atomic E-state index is 5.43. The van der Waals surface area contributed by atoms with E-state index in [1.54, 1.807) is 0 Å². The first-order valence-corrected chi connectivity index (χ1v) is 6.43. The van der Waals surface area contributed by atoms with Crippen molar-refractivity contribution in [3.8, 4) is 0 Å². The molecule has 9 heavy (non-hydrogen) atoms. The van der Waals surface area contributed by atoms with E-state index in [1.165, 1.54) is 6.31 Å². The van der Waals surface area contributed by atoms with Crippen molar-refractivity contribution in [3.63, 3.8) is 0 Å². The summed E-state index contributed by atoms with van der Waals surface area (Å²) in [7, 11) is 0. The highest BCUT2D eigenvalue weighted by molar-refractivity contribution is 14.2. The minimum atomic E-state index is -0.0286. The summed E-state index contributed by atoms with van der Waals surface area (Å²) in [4.78, 5) is 0.